The zero-order chi connectivity index (χ0) is 11.1. The molecule has 0 aliphatic heterocycles. The Labute approximate surface area is 96.9 Å². The van der Waals surface area contributed by atoms with Crippen molar-refractivity contribution < 1.29 is 0 Å². The molecular weight excluding hydrogens is 256 g/mol. The van der Waals surface area contributed by atoms with E-state index in [9.17, 15) is 0 Å². The van der Waals surface area contributed by atoms with Gasteiger partial charge in [0.15, 0.2) is 0 Å². The number of nitrogens with zero attached hydrogens (tertiary/aromatic N) is 4. The third kappa shape index (κ3) is 4.07. The zero-order valence-electron chi connectivity index (χ0n) is 8.02. The topological polar surface area (TPSA) is 63.7 Å². The Morgan fingerprint density at radius 3 is 2.47 bits per heavy atom. The van der Waals surface area contributed by atoms with Gasteiger partial charge in [-0.15, -0.1) is 0 Å². The third-order valence-electron chi connectivity index (χ3n) is 1.76. The van der Waals surface area contributed by atoms with E-state index >= 15 is 0 Å². The van der Waals surface area contributed by atoms with Crippen molar-refractivity contribution in [1.29, 1.82) is 10.5 Å². The highest BCUT2D eigenvalue weighted by Crippen LogP contribution is 2.11. The Hall–Kier alpha value is -1.43. The highest BCUT2D eigenvalue weighted by Gasteiger charge is 2.05. The smallest absolute Gasteiger partial charge is 0.0877 e. The summed E-state index contributed by atoms with van der Waals surface area (Å²) < 4.78 is 0.897. The van der Waals surface area contributed by atoms with Gasteiger partial charge in [-0.3, -0.25) is 9.88 Å². The Bertz CT molecular complexity index is 389. The summed E-state index contributed by atoms with van der Waals surface area (Å²) in [5, 5.41) is 17.1. The molecule has 0 N–H and O–H groups in total. The first-order valence-corrected chi connectivity index (χ1v) is 5.11. The van der Waals surface area contributed by atoms with E-state index in [0.717, 1.165) is 10.0 Å². The second-order valence-electron chi connectivity index (χ2n) is 2.97. The van der Waals surface area contributed by atoms with Crippen molar-refractivity contribution in [2.24, 2.45) is 0 Å². The maximum absolute atomic E-state index is 8.57. The van der Waals surface area contributed by atoms with Crippen molar-refractivity contribution in [1.82, 2.24) is 9.88 Å². The van der Waals surface area contributed by atoms with Gasteiger partial charge in [0, 0.05) is 23.4 Å². The van der Waals surface area contributed by atoms with Crippen LogP contribution in [0.3, 0.4) is 0 Å². The number of nitriles is 2. The summed E-state index contributed by atoms with van der Waals surface area (Å²) in [5.41, 5.74) is 0.981. The average molecular weight is 265 g/mol. The fraction of sp³-hybridized carbons (Fsp3) is 0.300. The number of pyridine rings is 1. The summed E-state index contributed by atoms with van der Waals surface area (Å²) in [6.07, 6.45) is 3.43. The highest BCUT2D eigenvalue weighted by molar-refractivity contribution is 9.10. The van der Waals surface area contributed by atoms with Crippen molar-refractivity contribution in [3.8, 4) is 12.1 Å². The summed E-state index contributed by atoms with van der Waals surface area (Å²) in [6, 6.07) is 5.99. The van der Waals surface area contributed by atoms with Crippen molar-refractivity contribution in [3.63, 3.8) is 0 Å². The van der Waals surface area contributed by atoms with E-state index in [0.29, 0.717) is 6.54 Å². The van der Waals surface area contributed by atoms with Crippen molar-refractivity contribution >= 4 is 15.9 Å². The molecule has 4 nitrogen and oxygen atoms in total. The van der Waals surface area contributed by atoms with Gasteiger partial charge < -0.3 is 0 Å². The number of halogens is 1. The third-order valence-corrected chi connectivity index (χ3v) is 2.19. The van der Waals surface area contributed by atoms with E-state index in [2.05, 4.69) is 20.9 Å². The van der Waals surface area contributed by atoms with Crippen LogP contribution in [-0.4, -0.2) is 23.0 Å². The van der Waals surface area contributed by atoms with Crippen molar-refractivity contribution in [2.45, 2.75) is 6.54 Å². The molecule has 1 aromatic heterocycles. The van der Waals surface area contributed by atoms with Crippen LogP contribution in [0, 0.1) is 22.7 Å². The standard InChI is InChI=1S/C10H9BrN4/c11-10-5-9(6-14-7-10)8-15(3-1-12)4-2-13/h5-7H,3-4,8H2. The lowest BCUT2D eigenvalue weighted by molar-refractivity contribution is 0.334. The largest absolute Gasteiger partial charge is 0.273 e. The summed E-state index contributed by atoms with van der Waals surface area (Å²) in [5.74, 6) is 0. The minimum atomic E-state index is 0.250. The number of aromatic nitrogens is 1. The van der Waals surface area contributed by atoms with Gasteiger partial charge in [0.05, 0.1) is 25.2 Å². The van der Waals surface area contributed by atoms with Gasteiger partial charge in [0.25, 0.3) is 0 Å². The fourth-order valence-electron chi connectivity index (χ4n) is 1.17. The molecule has 0 atom stereocenters. The first-order valence-electron chi connectivity index (χ1n) is 4.32. The molecule has 0 aliphatic rings. The van der Waals surface area contributed by atoms with Gasteiger partial charge >= 0.3 is 0 Å². The molecule has 0 saturated carbocycles. The number of hydrogen-bond donors (Lipinski definition) is 0. The zero-order valence-corrected chi connectivity index (χ0v) is 9.61. The summed E-state index contributed by atoms with van der Waals surface area (Å²) in [6.45, 7) is 1.06. The quantitative estimate of drug-likeness (QED) is 0.777. The van der Waals surface area contributed by atoms with Crippen LogP contribution in [0.4, 0.5) is 0 Å². The minimum absolute atomic E-state index is 0.250. The SMILES string of the molecule is N#CCN(CC#N)Cc1cncc(Br)c1. The van der Waals surface area contributed by atoms with E-state index in [1.54, 1.807) is 17.3 Å². The lowest BCUT2D eigenvalue weighted by Crippen LogP contribution is -2.23. The monoisotopic (exact) mass is 264 g/mol. The van der Waals surface area contributed by atoms with Crippen molar-refractivity contribution in [2.75, 3.05) is 13.1 Å². The molecule has 0 unspecified atom stereocenters. The van der Waals surface area contributed by atoms with Crippen LogP contribution >= 0.6 is 15.9 Å². The molecule has 0 spiro atoms. The first kappa shape index (κ1) is 11.6. The van der Waals surface area contributed by atoms with Crippen LogP contribution < -0.4 is 0 Å². The van der Waals surface area contributed by atoms with Gasteiger partial charge in [-0.1, -0.05) is 0 Å². The number of rotatable bonds is 4. The van der Waals surface area contributed by atoms with Crippen LogP contribution in [0.2, 0.25) is 0 Å². The maximum atomic E-state index is 8.57. The lowest BCUT2D eigenvalue weighted by atomic mass is 10.2. The molecule has 1 rings (SSSR count). The summed E-state index contributed by atoms with van der Waals surface area (Å²) in [4.78, 5) is 5.77. The normalized spacial score (nSPS) is 9.60. The molecular formula is C10H9BrN4. The van der Waals surface area contributed by atoms with E-state index < -0.39 is 0 Å². The Balaban J connectivity index is 2.66. The molecule has 5 heteroatoms. The lowest BCUT2D eigenvalue weighted by Gasteiger charge is -2.14. The van der Waals surface area contributed by atoms with Gasteiger partial charge in [-0.2, -0.15) is 10.5 Å². The first-order chi connectivity index (χ1) is 7.26. The molecule has 0 amide bonds. The van der Waals surface area contributed by atoms with Gasteiger partial charge in [0.2, 0.25) is 0 Å². The Morgan fingerprint density at radius 2 is 1.93 bits per heavy atom. The summed E-state index contributed by atoms with van der Waals surface area (Å²) >= 11 is 3.32. The molecule has 0 aliphatic carbocycles. The highest BCUT2D eigenvalue weighted by atomic mass is 79.9. The molecule has 0 saturated heterocycles. The van der Waals surface area contributed by atoms with E-state index in [-0.39, 0.29) is 13.1 Å². The van der Waals surface area contributed by atoms with E-state index in [1.165, 1.54) is 0 Å². The Morgan fingerprint density at radius 1 is 1.27 bits per heavy atom. The number of hydrogen-bond acceptors (Lipinski definition) is 4. The van der Waals surface area contributed by atoms with Crippen LogP contribution in [0.25, 0.3) is 0 Å². The van der Waals surface area contributed by atoms with Crippen LogP contribution in [0.15, 0.2) is 22.9 Å². The molecule has 0 radical (unpaired) electrons. The van der Waals surface area contributed by atoms with Crippen molar-refractivity contribution in [3.05, 3.63) is 28.5 Å². The molecule has 0 bridgehead atoms. The van der Waals surface area contributed by atoms with E-state index in [4.69, 9.17) is 10.5 Å². The maximum Gasteiger partial charge on any atom is 0.0877 e. The second kappa shape index (κ2) is 6.13. The minimum Gasteiger partial charge on any atom is -0.273 e. The molecule has 15 heavy (non-hydrogen) atoms. The Kier molecular flexibility index (Phi) is 4.76. The fourth-order valence-corrected chi connectivity index (χ4v) is 1.58. The van der Waals surface area contributed by atoms with E-state index in [1.807, 2.05) is 18.2 Å². The predicted molar refractivity (Wildman–Crippen MR) is 58.4 cm³/mol. The van der Waals surface area contributed by atoms with Gasteiger partial charge in [0.1, 0.15) is 0 Å². The van der Waals surface area contributed by atoms with Gasteiger partial charge in [-0.25, -0.2) is 0 Å². The summed E-state index contributed by atoms with van der Waals surface area (Å²) in [7, 11) is 0. The van der Waals surface area contributed by atoms with Crippen LogP contribution in [0.5, 0.6) is 0 Å². The van der Waals surface area contributed by atoms with Gasteiger partial charge in [-0.05, 0) is 27.6 Å². The van der Waals surface area contributed by atoms with Crippen LogP contribution in [0.1, 0.15) is 5.56 Å². The molecule has 1 heterocycles. The molecule has 76 valence electrons. The molecule has 0 aromatic carbocycles. The predicted octanol–water partition coefficient (Wildman–Crippen LogP) is 1.69. The average Bonchev–Trinajstić information content (AvgIpc) is 2.18. The van der Waals surface area contributed by atoms with Crippen LogP contribution in [-0.2, 0) is 6.54 Å². The molecule has 0 fully saturated rings. The second-order valence-corrected chi connectivity index (χ2v) is 3.89. The molecule has 1 aromatic rings.